The Morgan fingerprint density at radius 3 is 2.78 bits per heavy atom. The molecule has 0 amide bonds. The van der Waals surface area contributed by atoms with Crippen molar-refractivity contribution in [2.45, 2.75) is 27.3 Å². The molecular formula is C14H19N3O. The van der Waals surface area contributed by atoms with Crippen molar-refractivity contribution in [3.05, 3.63) is 30.1 Å². The third-order valence-electron chi connectivity index (χ3n) is 2.77. The van der Waals surface area contributed by atoms with Crippen LogP contribution >= 0.6 is 0 Å². The SMILES string of the molecule is COc1ccc(C)cc1-c1nncn1CC(C)C. The Bertz CT molecular complexity index is 532. The second-order valence-corrected chi connectivity index (χ2v) is 4.90. The third kappa shape index (κ3) is 2.53. The van der Waals surface area contributed by atoms with Gasteiger partial charge in [-0.05, 0) is 25.0 Å². The number of hydrogen-bond acceptors (Lipinski definition) is 3. The van der Waals surface area contributed by atoms with Crippen LogP contribution in [0.5, 0.6) is 5.75 Å². The van der Waals surface area contributed by atoms with Crippen LogP contribution in [0.3, 0.4) is 0 Å². The molecule has 0 N–H and O–H groups in total. The lowest BCUT2D eigenvalue weighted by Gasteiger charge is -2.12. The molecule has 1 aromatic heterocycles. The predicted octanol–water partition coefficient (Wildman–Crippen LogP) is 2.92. The molecule has 96 valence electrons. The van der Waals surface area contributed by atoms with E-state index in [0.29, 0.717) is 5.92 Å². The minimum atomic E-state index is 0.551. The van der Waals surface area contributed by atoms with Gasteiger partial charge in [0.2, 0.25) is 0 Å². The number of benzene rings is 1. The highest BCUT2D eigenvalue weighted by atomic mass is 16.5. The maximum atomic E-state index is 5.40. The van der Waals surface area contributed by atoms with Gasteiger partial charge in [-0.15, -0.1) is 10.2 Å². The Hall–Kier alpha value is -1.84. The molecule has 0 saturated heterocycles. The van der Waals surface area contributed by atoms with Crippen LogP contribution in [0.25, 0.3) is 11.4 Å². The lowest BCUT2D eigenvalue weighted by Crippen LogP contribution is -2.05. The first-order chi connectivity index (χ1) is 8.61. The fourth-order valence-electron chi connectivity index (χ4n) is 1.99. The van der Waals surface area contributed by atoms with Crippen LogP contribution in [0.1, 0.15) is 19.4 Å². The monoisotopic (exact) mass is 245 g/mol. The summed E-state index contributed by atoms with van der Waals surface area (Å²) in [6.07, 6.45) is 1.77. The highest BCUT2D eigenvalue weighted by Gasteiger charge is 2.13. The van der Waals surface area contributed by atoms with Crippen molar-refractivity contribution in [1.29, 1.82) is 0 Å². The van der Waals surface area contributed by atoms with Crippen LogP contribution in [0.4, 0.5) is 0 Å². The molecule has 4 heteroatoms. The van der Waals surface area contributed by atoms with Crippen LogP contribution in [-0.2, 0) is 6.54 Å². The molecule has 0 unspecified atom stereocenters. The third-order valence-corrected chi connectivity index (χ3v) is 2.77. The lowest BCUT2D eigenvalue weighted by atomic mass is 10.1. The number of nitrogens with zero attached hydrogens (tertiary/aromatic N) is 3. The summed E-state index contributed by atoms with van der Waals surface area (Å²) < 4.78 is 7.47. The minimum Gasteiger partial charge on any atom is -0.496 e. The molecular weight excluding hydrogens is 226 g/mol. The fourth-order valence-corrected chi connectivity index (χ4v) is 1.99. The summed E-state index contributed by atoms with van der Waals surface area (Å²) in [4.78, 5) is 0. The Balaban J connectivity index is 2.48. The van der Waals surface area contributed by atoms with Gasteiger partial charge in [0.05, 0.1) is 12.7 Å². The van der Waals surface area contributed by atoms with Gasteiger partial charge in [0.15, 0.2) is 5.82 Å². The van der Waals surface area contributed by atoms with Crippen molar-refractivity contribution in [2.24, 2.45) is 5.92 Å². The molecule has 0 spiro atoms. The molecule has 0 aliphatic carbocycles. The van der Waals surface area contributed by atoms with Crippen LogP contribution < -0.4 is 4.74 Å². The van der Waals surface area contributed by atoms with E-state index in [1.807, 2.05) is 12.1 Å². The summed E-state index contributed by atoms with van der Waals surface area (Å²) in [5, 5.41) is 8.24. The van der Waals surface area contributed by atoms with E-state index in [1.165, 1.54) is 5.56 Å². The zero-order valence-corrected chi connectivity index (χ0v) is 11.3. The molecule has 4 nitrogen and oxygen atoms in total. The average molecular weight is 245 g/mol. The summed E-state index contributed by atoms with van der Waals surface area (Å²) >= 11 is 0. The number of rotatable bonds is 4. The van der Waals surface area contributed by atoms with Crippen molar-refractivity contribution >= 4 is 0 Å². The zero-order valence-electron chi connectivity index (χ0n) is 11.3. The second-order valence-electron chi connectivity index (χ2n) is 4.90. The molecule has 18 heavy (non-hydrogen) atoms. The Morgan fingerprint density at radius 1 is 1.33 bits per heavy atom. The smallest absolute Gasteiger partial charge is 0.167 e. The van der Waals surface area contributed by atoms with Crippen LogP contribution in [0.15, 0.2) is 24.5 Å². The highest BCUT2D eigenvalue weighted by Crippen LogP contribution is 2.29. The number of aromatic nitrogens is 3. The van der Waals surface area contributed by atoms with E-state index in [4.69, 9.17) is 4.74 Å². The van der Waals surface area contributed by atoms with Crippen LogP contribution in [-0.4, -0.2) is 21.9 Å². The molecule has 0 aliphatic rings. The zero-order chi connectivity index (χ0) is 13.1. The predicted molar refractivity (Wildman–Crippen MR) is 71.6 cm³/mol. The molecule has 1 aromatic carbocycles. The lowest BCUT2D eigenvalue weighted by molar-refractivity contribution is 0.415. The fraction of sp³-hybridized carbons (Fsp3) is 0.429. The van der Waals surface area contributed by atoms with Crippen molar-refractivity contribution in [3.63, 3.8) is 0 Å². The van der Waals surface area contributed by atoms with Gasteiger partial charge in [0, 0.05) is 6.54 Å². The van der Waals surface area contributed by atoms with Crippen molar-refractivity contribution in [1.82, 2.24) is 14.8 Å². The van der Waals surface area contributed by atoms with Gasteiger partial charge < -0.3 is 9.30 Å². The molecule has 0 fully saturated rings. The first-order valence-electron chi connectivity index (χ1n) is 6.14. The second kappa shape index (κ2) is 5.21. The maximum Gasteiger partial charge on any atom is 0.167 e. The summed E-state index contributed by atoms with van der Waals surface area (Å²) in [6.45, 7) is 7.32. The largest absolute Gasteiger partial charge is 0.496 e. The summed E-state index contributed by atoms with van der Waals surface area (Å²) in [7, 11) is 1.68. The molecule has 0 saturated carbocycles. The molecule has 1 heterocycles. The summed E-state index contributed by atoms with van der Waals surface area (Å²) in [6, 6.07) is 6.09. The topological polar surface area (TPSA) is 39.9 Å². The van der Waals surface area contributed by atoms with Gasteiger partial charge in [0.1, 0.15) is 12.1 Å². The highest BCUT2D eigenvalue weighted by molar-refractivity contribution is 5.65. The first kappa shape index (κ1) is 12.6. The van der Waals surface area contributed by atoms with E-state index < -0.39 is 0 Å². The van der Waals surface area contributed by atoms with E-state index in [2.05, 4.69) is 41.6 Å². The van der Waals surface area contributed by atoms with Gasteiger partial charge in [-0.3, -0.25) is 0 Å². The van der Waals surface area contributed by atoms with Gasteiger partial charge in [-0.2, -0.15) is 0 Å². The Labute approximate surface area is 108 Å². The normalized spacial score (nSPS) is 10.9. The number of hydrogen-bond donors (Lipinski definition) is 0. The summed E-state index contributed by atoms with van der Waals surface area (Å²) in [5.41, 5.74) is 2.18. The number of methoxy groups -OCH3 is 1. The van der Waals surface area contributed by atoms with E-state index in [1.54, 1.807) is 13.4 Å². The summed E-state index contributed by atoms with van der Waals surface area (Å²) in [5.74, 6) is 2.25. The first-order valence-corrected chi connectivity index (χ1v) is 6.14. The standard InChI is InChI=1S/C14H19N3O/c1-10(2)8-17-9-15-16-14(17)12-7-11(3)5-6-13(12)18-4/h5-7,9-10H,8H2,1-4H3. The van der Waals surface area contributed by atoms with Gasteiger partial charge in [0.25, 0.3) is 0 Å². The van der Waals surface area contributed by atoms with Gasteiger partial charge in [-0.25, -0.2) is 0 Å². The molecule has 2 rings (SSSR count). The van der Waals surface area contributed by atoms with Gasteiger partial charge >= 0.3 is 0 Å². The quantitative estimate of drug-likeness (QED) is 0.831. The molecule has 0 bridgehead atoms. The number of aryl methyl sites for hydroxylation is 1. The van der Waals surface area contributed by atoms with E-state index >= 15 is 0 Å². The minimum absolute atomic E-state index is 0.551. The van der Waals surface area contributed by atoms with Crippen molar-refractivity contribution in [2.75, 3.05) is 7.11 Å². The van der Waals surface area contributed by atoms with Crippen LogP contribution in [0, 0.1) is 12.8 Å². The Morgan fingerprint density at radius 2 is 2.11 bits per heavy atom. The average Bonchev–Trinajstić information content (AvgIpc) is 2.76. The van der Waals surface area contributed by atoms with Crippen molar-refractivity contribution in [3.8, 4) is 17.1 Å². The van der Waals surface area contributed by atoms with Gasteiger partial charge in [-0.1, -0.05) is 25.5 Å². The molecule has 0 aliphatic heterocycles. The van der Waals surface area contributed by atoms with E-state index in [0.717, 1.165) is 23.7 Å². The molecule has 2 aromatic rings. The Kier molecular flexibility index (Phi) is 3.65. The van der Waals surface area contributed by atoms with E-state index in [9.17, 15) is 0 Å². The molecule has 0 atom stereocenters. The van der Waals surface area contributed by atoms with E-state index in [-0.39, 0.29) is 0 Å². The van der Waals surface area contributed by atoms with Crippen molar-refractivity contribution < 1.29 is 4.74 Å². The maximum absolute atomic E-state index is 5.40. The number of ether oxygens (including phenoxy) is 1. The van der Waals surface area contributed by atoms with Crippen LogP contribution in [0.2, 0.25) is 0 Å². The molecule has 0 radical (unpaired) electrons.